The molecular weight excluding hydrogens is 232 g/mol. The predicted octanol–water partition coefficient (Wildman–Crippen LogP) is 0.773. The first-order chi connectivity index (χ1) is 8.44. The summed E-state index contributed by atoms with van der Waals surface area (Å²) in [6.07, 6.45) is 3.73. The molecule has 1 aliphatic rings. The number of carbonyl (C=O) groups is 2. The van der Waals surface area contributed by atoms with E-state index in [1.807, 2.05) is 0 Å². The average Bonchev–Trinajstić information content (AvgIpc) is 2.32. The Morgan fingerprint density at radius 2 is 2.06 bits per heavy atom. The van der Waals surface area contributed by atoms with Crippen molar-refractivity contribution in [3.8, 4) is 0 Å². The lowest BCUT2D eigenvalue weighted by Crippen LogP contribution is -2.43. The Morgan fingerprint density at radius 1 is 1.44 bits per heavy atom. The highest BCUT2D eigenvalue weighted by molar-refractivity contribution is 5.78. The van der Waals surface area contributed by atoms with Gasteiger partial charge in [-0.2, -0.15) is 0 Å². The Labute approximate surface area is 109 Å². The van der Waals surface area contributed by atoms with Gasteiger partial charge in [-0.15, -0.1) is 0 Å². The Kier molecular flexibility index (Phi) is 5.14. The van der Waals surface area contributed by atoms with Crippen LogP contribution in [0.15, 0.2) is 0 Å². The molecule has 1 amide bonds. The summed E-state index contributed by atoms with van der Waals surface area (Å²) in [6.45, 7) is 2.73. The summed E-state index contributed by atoms with van der Waals surface area (Å²) in [6, 6.07) is 0. The number of nitrogens with two attached hydrogens (primary N) is 1. The van der Waals surface area contributed by atoms with Crippen molar-refractivity contribution in [2.75, 3.05) is 27.2 Å². The first kappa shape index (κ1) is 15.0. The second kappa shape index (κ2) is 6.18. The molecule has 5 nitrogen and oxygen atoms in total. The highest BCUT2D eigenvalue weighted by Gasteiger charge is 2.38. The van der Waals surface area contributed by atoms with Crippen molar-refractivity contribution >= 4 is 11.9 Å². The molecule has 0 aliphatic heterocycles. The van der Waals surface area contributed by atoms with Crippen molar-refractivity contribution in [2.45, 2.75) is 32.6 Å². The lowest BCUT2D eigenvalue weighted by Gasteiger charge is -2.41. The first-order valence-corrected chi connectivity index (χ1v) is 6.46. The van der Waals surface area contributed by atoms with Crippen LogP contribution in [0.5, 0.6) is 0 Å². The first-order valence-electron chi connectivity index (χ1n) is 6.46. The van der Waals surface area contributed by atoms with E-state index in [4.69, 9.17) is 5.73 Å². The van der Waals surface area contributed by atoms with E-state index in [0.717, 1.165) is 19.3 Å². The molecule has 0 saturated heterocycles. The molecule has 0 heterocycles. The van der Waals surface area contributed by atoms with E-state index in [2.05, 4.69) is 4.74 Å². The second-order valence-electron chi connectivity index (χ2n) is 5.43. The van der Waals surface area contributed by atoms with E-state index >= 15 is 0 Å². The maximum atomic E-state index is 12.1. The van der Waals surface area contributed by atoms with Crippen molar-refractivity contribution in [3.05, 3.63) is 0 Å². The minimum Gasteiger partial charge on any atom is -0.469 e. The quantitative estimate of drug-likeness (QED) is 0.713. The van der Waals surface area contributed by atoms with Gasteiger partial charge in [-0.25, -0.2) is 0 Å². The van der Waals surface area contributed by atoms with Crippen LogP contribution in [0.1, 0.15) is 32.6 Å². The van der Waals surface area contributed by atoms with Crippen LogP contribution in [0.25, 0.3) is 0 Å². The van der Waals surface area contributed by atoms with Crippen LogP contribution >= 0.6 is 0 Å². The number of amides is 1. The monoisotopic (exact) mass is 256 g/mol. The summed E-state index contributed by atoms with van der Waals surface area (Å²) in [5.74, 6) is -0.512. The summed E-state index contributed by atoms with van der Waals surface area (Å²) >= 11 is 0. The fourth-order valence-corrected chi connectivity index (χ4v) is 2.37. The molecule has 0 radical (unpaired) electrons. The van der Waals surface area contributed by atoms with Gasteiger partial charge in [0.15, 0.2) is 0 Å². The van der Waals surface area contributed by atoms with Gasteiger partial charge in [0, 0.05) is 20.0 Å². The fourth-order valence-electron chi connectivity index (χ4n) is 2.37. The smallest absolute Gasteiger partial charge is 0.310 e. The van der Waals surface area contributed by atoms with Gasteiger partial charge in [0.1, 0.15) is 0 Å². The maximum absolute atomic E-state index is 12.1. The zero-order chi connectivity index (χ0) is 13.8. The van der Waals surface area contributed by atoms with Crippen LogP contribution in [0.4, 0.5) is 0 Å². The summed E-state index contributed by atoms with van der Waals surface area (Å²) in [5.41, 5.74) is 5.76. The number of nitrogens with zero attached hydrogens (tertiary/aromatic N) is 1. The lowest BCUT2D eigenvalue weighted by atomic mass is 9.66. The molecule has 5 heteroatoms. The number of ether oxygens (including phenoxy) is 1. The van der Waals surface area contributed by atoms with Crippen LogP contribution in [0.3, 0.4) is 0 Å². The number of hydrogen-bond acceptors (Lipinski definition) is 4. The van der Waals surface area contributed by atoms with E-state index in [9.17, 15) is 9.59 Å². The van der Waals surface area contributed by atoms with Crippen LogP contribution in [-0.4, -0.2) is 44.0 Å². The van der Waals surface area contributed by atoms with Gasteiger partial charge in [0.2, 0.25) is 5.91 Å². The number of rotatable bonds is 6. The predicted molar refractivity (Wildman–Crippen MR) is 68.8 cm³/mol. The summed E-state index contributed by atoms with van der Waals surface area (Å²) in [7, 11) is 3.09. The Balaban J connectivity index is 2.44. The molecule has 1 unspecified atom stereocenters. The van der Waals surface area contributed by atoms with Crippen LogP contribution in [-0.2, 0) is 14.3 Å². The van der Waals surface area contributed by atoms with Gasteiger partial charge in [0.05, 0.1) is 13.0 Å². The number of methoxy groups -OCH3 is 1. The van der Waals surface area contributed by atoms with Gasteiger partial charge < -0.3 is 15.4 Å². The van der Waals surface area contributed by atoms with Gasteiger partial charge in [-0.1, -0.05) is 13.3 Å². The molecule has 1 saturated carbocycles. The SMILES string of the molecule is COC(=O)C(C)CN(C)C(=O)CC1(CN)CCC1. The standard InChI is InChI=1S/C13H24N2O3/c1-10(12(17)18-3)8-15(2)11(16)7-13(9-14)5-4-6-13/h10H,4-9,14H2,1-3H3. The van der Waals surface area contributed by atoms with Crippen LogP contribution < -0.4 is 5.73 Å². The highest BCUT2D eigenvalue weighted by Crippen LogP contribution is 2.43. The molecule has 18 heavy (non-hydrogen) atoms. The third-order valence-corrected chi connectivity index (χ3v) is 3.95. The zero-order valence-corrected chi connectivity index (χ0v) is 11.6. The molecule has 1 atom stereocenters. The summed E-state index contributed by atoms with van der Waals surface area (Å²) in [5, 5.41) is 0. The summed E-state index contributed by atoms with van der Waals surface area (Å²) in [4.78, 5) is 25.0. The lowest BCUT2D eigenvalue weighted by molar-refractivity contribution is -0.146. The molecular formula is C13H24N2O3. The largest absolute Gasteiger partial charge is 0.469 e. The number of hydrogen-bond donors (Lipinski definition) is 1. The Hall–Kier alpha value is -1.10. The molecule has 0 aromatic heterocycles. The second-order valence-corrected chi connectivity index (χ2v) is 5.43. The molecule has 0 aromatic rings. The van der Waals surface area contributed by atoms with Crippen LogP contribution in [0, 0.1) is 11.3 Å². The topological polar surface area (TPSA) is 72.6 Å². The van der Waals surface area contributed by atoms with E-state index in [-0.39, 0.29) is 23.2 Å². The van der Waals surface area contributed by atoms with Gasteiger partial charge in [-0.05, 0) is 24.8 Å². The van der Waals surface area contributed by atoms with Crippen molar-refractivity contribution < 1.29 is 14.3 Å². The van der Waals surface area contributed by atoms with Gasteiger partial charge >= 0.3 is 5.97 Å². The zero-order valence-electron chi connectivity index (χ0n) is 11.6. The van der Waals surface area contributed by atoms with Crippen LogP contribution in [0.2, 0.25) is 0 Å². The van der Waals surface area contributed by atoms with E-state index in [0.29, 0.717) is 19.5 Å². The molecule has 104 valence electrons. The molecule has 2 N–H and O–H groups in total. The molecule has 1 aliphatic carbocycles. The highest BCUT2D eigenvalue weighted by atomic mass is 16.5. The minimum absolute atomic E-state index is 0.0137. The van der Waals surface area contributed by atoms with Gasteiger partial charge in [-0.3, -0.25) is 9.59 Å². The van der Waals surface area contributed by atoms with Crippen molar-refractivity contribution in [1.82, 2.24) is 4.90 Å². The Bertz CT molecular complexity index is 308. The molecule has 0 spiro atoms. The van der Waals surface area contributed by atoms with E-state index in [1.54, 1.807) is 18.9 Å². The molecule has 1 fully saturated rings. The van der Waals surface area contributed by atoms with E-state index in [1.165, 1.54) is 7.11 Å². The maximum Gasteiger partial charge on any atom is 0.310 e. The molecule has 0 bridgehead atoms. The average molecular weight is 256 g/mol. The van der Waals surface area contributed by atoms with Crippen molar-refractivity contribution in [3.63, 3.8) is 0 Å². The van der Waals surface area contributed by atoms with Crippen molar-refractivity contribution in [2.24, 2.45) is 17.1 Å². The normalized spacial score (nSPS) is 18.7. The third-order valence-electron chi connectivity index (χ3n) is 3.95. The fraction of sp³-hybridized carbons (Fsp3) is 0.846. The Morgan fingerprint density at radius 3 is 2.44 bits per heavy atom. The molecule has 0 aromatic carbocycles. The summed E-state index contributed by atoms with van der Waals surface area (Å²) < 4.78 is 4.65. The molecule has 1 rings (SSSR count). The third kappa shape index (κ3) is 3.45. The van der Waals surface area contributed by atoms with Gasteiger partial charge in [0.25, 0.3) is 0 Å². The number of carbonyl (C=O) groups excluding carboxylic acids is 2. The van der Waals surface area contributed by atoms with Crippen molar-refractivity contribution in [1.29, 1.82) is 0 Å². The number of esters is 1. The minimum atomic E-state index is -0.292. The van der Waals surface area contributed by atoms with E-state index < -0.39 is 0 Å².